The van der Waals surface area contributed by atoms with Crippen LogP contribution in [-0.4, -0.2) is 4.57 Å². The van der Waals surface area contributed by atoms with Crippen LogP contribution in [0.4, 0.5) is 0 Å². The van der Waals surface area contributed by atoms with Crippen molar-refractivity contribution >= 4 is 64.1 Å². The number of rotatable bonds is 1. The highest BCUT2D eigenvalue weighted by molar-refractivity contribution is 7.26. The van der Waals surface area contributed by atoms with Gasteiger partial charge in [-0.3, -0.25) is 0 Å². The van der Waals surface area contributed by atoms with E-state index < -0.39 is 0 Å². The van der Waals surface area contributed by atoms with Crippen LogP contribution in [0.15, 0.2) is 115 Å². The van der Waals surface area contributed by atoms with E-state index in [1.807, 2.05) is 11.3 Å². The van der Waals surface area contributed by atoms with Gasteiger partial charge < -0.3 is 4.57 Å². The van der Waals surface area contributed by atoms with Crippen molar-refractivity contribution in [3.63, 3.8) is 0 Å². The van der Waals surface area contributed by atoms with Gasteiger partial charge in [0.2, 0.25) is 0 Å². The van der Waals surface area contributed by atoms with E-state index >= 15 is 0 Å². The maximum atomic E-state index is 2.50. The third-order valence-corrected chi connectivity index (χ3v) is 9.44. The van der Waals surface area contributed by atoms with E-state index in [9.17, 15) is 0 Å². The van der Waals surface area contributed by atoms with E-state index in [2.05, 4.69) is 120 Å². The lowest BCUT2D eigenvalue weighted by atomic mass is 9.95. The summed E-state index contributed by atoms with van der Waals surface area (Å²) in [4.78, 5) is 0. The van der Waals surface area contributed by atoms with Gasteiger partial charge in [0, 0.05) is 26.2 Å². The van der Waals surface area contributed by atoms with Gasteiger partial charge in [-0.2, -0.15) is 0 Å². The molecule has 0 atom stereocenters. The lowest BCUT2D eigenvalue weighted by Gasteiger charge is -2.11. The lowest BCUT2D eigenvalue weighted by Crippen LogP contribution is -1.94. The normalized spacial score (nSPS) is 12.8. The quantitative estimate of drug-likeness (QED) is 0.217. The van der Waals surface area contributed by atoms with Gasteiger partial charge in [-0.25, -0.2) is 0 Å². The predicted octanol–water partition coefficient (Wildman–Crippen LogP) is 9.88. The summed E-state index contributed by atoms with van der Waals surface area (Å²) in [6.45, 7) is 0. The highest BCUT2D eigenvalue weighted by Crippen LogP contribution is 2.46. The Morgan fingerprint density at radius 3 is 2.30 bits per heavy atom. The zero-order valence-corrected chi connectivity index (χ0v) is 20.8. The van der Waals surface area contributed by atoms with Crippen molar-refractivity contribution in [2.24, 2.45) is 0 Å². The average Bonchev–Trinajstić information content (AvgIpc) is 3.62. The zero-order chi connectivity index (χ0) is 24.1. The molecule has 0 amide bonds. The van der Waals surface area contributed by atoms with Gasteiger partial charge >= 0.3 is 0 Å². The number of fused-ring (bicyclic) bond motifs is 12. The van der Waals surface area contributed by atoms with E-state index in [1.165, 1.54) is 80.7 Å². The van der Waals surface area contributed by atoms with Crippen LogP contribution in [0.25, 0.3) is 69.6 Å². The minimum atomic E-state index is 0.993. The zero-order valence-electron chi connectivity index (χ0n) is 20.0. The molecule has 2 aromatic heterocycles. The van der Waals surface area contributed by atoms with Gasteiger partial charge in [0.25, 0.3) is 0 Å². The number of thiophene rings is 1. The molecule has 172 valence electrons. The number of hydrogen-bond donors (Lipinski definition) is 0. The number of para-hydroxylation sites is 1. The molecule has 2 heteroatoms. The molecule has 9 rings (SSSR count). The summed E-state index contributed by atoms with van der Waals surface area (Å²) < 4.78 is 5.19. The second-order valence-corrected chi connectivity index (χ2v) is 11.1. The van der Waals surface area contributed by atoms with E-state index in [0.717, 1.165) is 6.42 Å². The molecule has 0 aliphatic heterocycles. The maximum Gasteiger partial charge on any atom is 0.0640 e. The SMILES string of the molecule is c1ccc2c(c1)Cc1c-2ccc2ccc3c(c4ccccc4n3-c3cccc4c3sc3ccccc34)c12. The van der Waals surface area contributed by atoms with Crippen molar-refractivity contribution in [2.75, 3.05) is 0 Å². The first-order valence-corrected chi connectivity index (χ1v) is 13.7. The highest BCUT2D eigenvalue weighted by atomic mass is 32.1. The standard InChI is InChI=1S/C35H21NS/c1-2-9-23-22(8-1)20-28-24(23)18-16-21-17-19-30-34(33(21)28)27-11-3-5-13-29(27)36(30)31-14-7-12-26-25-10-4-6-15-32(25)37-35(26)31/h1-19H,20H2. The fourth-order valence-electron chi connectivity index (χ4n) is 6.68. The average molecular weight is 488 g/mol. The molecule has 8 aromatic rings. The Labute approximate surface area is 217 Å². The fraction of sp³-hybridized carbons (Fsp3) is 0.0286. The van der Waals surface area contributed by atoms with Gasteiger partial charge in [0.15, 0.2) is 0 Å². The van der Waals surface area contributed by atoms with E-state index in [0.29, 0.717) is 0 Å². The second kappa shape index (κ2) is 7.09. The molecule has 0 bridgehead atoms. The van der Waals surface area contributed by atoms with Crippen LogP contribution in [-0.2, 0) is 6.42 Å². The van der Waals surface area contributed by atoms with Gasteiger partial charge in [0.05, 0.1) is 21.4 Å². The van der Waals surface area contributed by atoms with E-state index in [1.54, 1.807) is 0 Å². The molecule has 0 saturated heterocycles. The second-order valence-electron chi connectivity index (χ2n) is 10.1. The lowest BCUT2D eigenvalue weighted by molar-refractivity contribution is 1.20. The predicted molar refractivity (Wildman–Crippen MR) is 159 cm³/mol. The van der Waals surface area contributed by atoms with Crippen LogP contribution in [0, 0.1) is 0 Å². The van der Waals surface area contributed by atoms with Crippen molar-refractivity contribution < 1.29 is 0 Å². The Morgan fingerprint density at radius 1 is 0.541 bits per heavy atom. The van der Waals surface area contributed by atoms with Crippen LogP contribution in [0.5, 0.6) is 0 Å². The third-order valence-electron chi connectivity index (χ3n) is 8.23. The van der Waals surface area contributed by atoms with Crippen LogP contribution >= 0.6 is 11.3 Å². The van der Waals surface area contributed by atoms with Gasteiger partial charge in [-0.1, -0.05) is 91.0 Å². The van der Waals surface area contributed by atoms with Crippen molar-refractivity contribution in [3.05, 3.63) is 126 Å². The Balaban J connectivity index is 1.46. The summed E-state index contributed by atoms with van der Waals surface area (Å²) >= 11 is 1.90. The van der Waals surface area contributed by atoms with Gasteiger partial charge in [-0.15, -0.1) is 11.3 Å². The van der Waals surface area contributed by atoms with Gasteiger partial charge in [0.1, 0.15) is 0 Å². The molecule has 2 heterocycles. The summed E-state index contributed by atoms with van der Waals surface area (Å²) in [6.07, 6.45) is 0.993. The summed E-state index contributed by atoms with van der Waals surface area (Å²) in [5, 5.41) is 8.10. The van der Waals surface area contributed by atoms with Crippen LogP contribution in [0.3, 0.4) is 0 Å². The number of nitrogens with zero attached hydrogens (tertiary/aromatic N) is 1. The van der Waals surface area contributed by atoms with Crippen molar-refractivity contribution in [2.45, 2.75) is 6.42 Å². The molecule has 0 radical (unpaired) electrons. The maximum absolute atomic E-state index is 2.50. The Kier molecular flexibility index (Phi) is 3.78. The molecule has 1 nitrogen and oxygen atoms in total. The molecule has 0 spiro atoms. The summed E-state index contributed by atoms with van der Waals surface area (Å²) in [5.41, 5.74) is 9.48. The molecular weight excluding hydrogens is 466 g/mol. The number of benzene rings is 6. The summed E-state index contributed by atoms with van der Waals surface area (Å²) in [7, 11) is 0. The van der Waals surface area contributed by atoms with Crippen molar-refractivity contribution in [1.82, 2.24) is 4.57 Å². The minimum absolute atomic E-state index is 0.993. The number of hydrogen-bond acceptors (Lipinski definition) is 1. The molecule has 0 fully saturated rings. The minimum Gasteiger partial charge on any atom is -0.308 e. The largest absolute Gasteiger partial charge is 0.308 e. The molecule has 0 unspecified atom stereocenters. The first-order chi connectivity index (χ1) is 18.4. The molecule has 6 aromatic carbocycles. The fourth-order valence-corrected chi connectivity index (χ4v) is 7.89. The Bertz CT molecular complexity index is 2230. The topological polar surface area (TPSA) is 4.93 Å². The van der Waals surface area contributed by atoms with Crippen molar-refractivity contribution in [3.8, 4) is 16.8 Å². The monoisotopic (exact) mass is 487 g/mol. The molecular formula is C35H21NS. The van der Waals surface area contributed by atoms with Crippen LogP contribution < -0.4 is 0 Å². The van der Waals surface area contributed by atoms with Crippen LogP contribution in [0.1, 0.15) is 11.1 Å². The molecule has 0 N–H and O–H groups in total. The number of aromatic nitrogens is 1. The summed E-state index contributed by atoms with van der Waals surface area (Å²) in [5.74, 6) is 0. The van der Waals surface area contributed by atoms with Crippen molar-refractivity contribution in [1.29, 1.82) is 0 Å². The molecule has 0 saturated carbocycles. The molecule has 37 heavy (non-hydrogen) atoms. The van der Waals surface area contributed by atoms with Crippen LogP contribution in [0.2, 0.25) is 0 Å². The smallest absolute Gasteiger partial charge is 0.0640 e. The third kappa shape index (κ3) is 2.53. The first-order valence-electron chi connectivity index (χ1n) is 12.8. The Morgan fingerprint density at radius 2 is 1.32 bits per heavy atom. The first kappa shape index (κ1) is 19.7. The van der Waals surface area contributed by atoms with E-state index in [-0.39, 0.29) is 0 Å². The molecule has 1 aliphatic carbocycles. The van der Waals surface area contributed by atoms with Gasteiger partial charge in [-0.05, 0) is 63.7 Å². The summed E-state index contributed by atoms with van der Waals surface area (Å²) in [6, 6.07) is 42.7. The Hall–Kier alpha value is -4.40. The highest BCUT2D eigenvalue weighted by Gasteiger charge is 2.24. The molecule has 1 aliphatic rings. The van der Waals surface area contributed by atoms with E-state index in [4.69, 9.17) is 0 Å².